The van der Waals surface area contributed by atoms with Gasteiger partial charge in [-0.05, 0) is 35.2 Å². The summed E-state index contributed by atoms with van der Waals surface area (Å²) in [5, 5.41) is 11.6. The van der Waals surface area contributed by atoms with Crippen LogP contribution in [0.25, 0.3) is 16.4 Å². The molecule has 0 N–H and O–H groups in total. The molecule has 0 saturated carbocycles. The number of thioether (sulfide) groups is 1. The molecule has 0 bridgehead atoms. The second kappa shape index (κ2) is 8.65. The highest BCUT2D eigenvalue weighted by atomic mass is 32.2. The molecule has 3 heterocycles. The van der Waals surface area contributed by atoms with E-state index in [1.807, 2.05) is 65.5 Å². The number of likely N-dealkylation sites (N-methyl/N-ethyl adjacent to an activating group) is 1. The third-order valence-electron chi connectivity index (χ3n) is 5.97. The van der Waals surface area contributed by atoms with E-state index >= 15 is 0 Å². The molecule has 7 heteroatoms. The number of ketones is 1. The Kier molecular flexibility index (Phi) is 5.68. The number of carbonyl (C=O) groups is 1. The molecule has 166 valence electrons. The van der Waals surface area contributed by atoms with Gasteiger partial charge in [0, 0.05) is 35.6 Å². The van der Waals surface area contributed by atoms with Crippen LogP contribution in [0, 0.1) is 0 Å². The van der Waals surface area contributed by atoms with Crippen LogP contribution >= 0.6 is 23.1 Å². The number of benzene rings is 2. The molecule has 0 amide bonds. The zero-order valence-corrected chi connectivity index (χ0v) is 20.4. The molecule has 0 atom stereocenters. The van der Waals surface area contributed by atoms with E-state index in [0.29, 0.717) is 10.9 Å². The van der Waals surface area contributed by atoms with Gasteiger partial charge in [-0.2, -0.15) is 0 Å². The molecular weight excluding hydrogens is 448 g/mol. The number of anilines is 1. The Labute approximate surface area is 201 Å². The summed E-state index contributed by atoms with van der Waals surface area (Å²) in [5.41, 5.74) is 4.16. The van der Waals surface area contributed by atoms with E-state index in [1.165, 1.54) is 17.3 Å². The lowest BCUT2D eigenvalue weighted by Gasteiger charge is -2.23. The van der Waals surface area contributed by atoms with Gasteiger partial charge in [-0.15, -0.1) is 21.5 Å². The zero-order valence-electron chi connectivity index (χ0n) is 18.7. The van der Waals surface area contributed by atoms with E-state index in [1.54, 1.807) is 17.4 Å². The second-order valence-electron chi connectivity index (χ2n) is 8.44. The summed E-state index contributed by atoms with van der Waals surface area (Å²) in [7, 11) is 2.03. The Hall–Kier alpha value is -3.16. The number of hydrogen-bond acceptors (Lipinski definition) is 6. The van der Waals surface area contributed by atoms with Gasteiger partial charge in [0.05, 0.1) is 10.6 Å². The topological polar surface area (TPSA) is 51.0 Å². The third kappa shape index (κ3) is 3.92. The van der Waals surface area contributed by atoms with Gasteiger partial charge in [0.15, 0.2) is 16.8 Å². The summed E-state index contributed by atoms with van der Waals surface area (Å²) in [5.74, 6) is 1.14. The monoisotopic (exact) mass is 472 g/mol. The van der Waals surface area contributed by atoms with Crippen LogP contribution in [0.15, 0.2) is 89.0 Å². The highest BCUT2D eigenvalue weighted by Gasteiger charge is 2.38. The quantitative estimate of drug-likeness (QED) is 0.256. The number of thiophene rings is 1. The number of allylic oxidation sites excluding steroid dienone is 2. The van der Waals surface area contributed by atoms with E-state index in [2.05, 4.69) is 47.1 Å². The first-order valence-electron chi connectivity index (χ1n) is 10.7. The maximum atomic E-state index is 13.1. The van der Waals surface area contributed by atoms with Gasteiger partial charge in [0.25, 0.3) is 0 Å². The Balaban J connectivity index is 1.41. The molecule has 2 aromatic heterocycles. The van der Waals surface area contributed by atoms with E-state index in [-0.39, 0.29) is 11.2 Å². The molecule has 5 rings (SSSR count). The predicted molar refractivity (Wildman–Crippen MR) is 136 cm³/mol. The number of carbonyl (C=O) groups excluding carboxylic acids is 1. The van der Waals surface area contributed by atoms with Gasteiger partial charge < -0.3 is 4.90 Å². The second-order valence-corrected chi connectivity index (χ2v) is 10.3. The molecule has 5 nitrogen and oxygen atoms in total. The molecule has 33 heavy (non-hydrogen) atoms. The maximum absolute atomic E-state index is 13.1. The van der Waals surface area contributed by atoms with Crippen molar-refractivity contribution in [2.24, 2.45) is 0 Å². The minimum absolute atomic E-state index is 0.0583. The number of aromatic nitrogens is 3. The van der Waals surface area contributed by atoms with Crippen molar-refractivity contribution in [2.75, 3.05) is 17.7 Å². The van der Waals surface area contributed by atoms with Crippen LogP contribution < -0.4 is 4.90 Å². The van der Waals surface area contributed by atoms with Crippen molar-refractivity contribution < 1.29 is 4.79 Å². The maximum Gasteiger partial charge on any atom is 0.196 e. The van der Waals surface area contributed by atoms with E-state index in [9.17, 15) is 4.79 Å². The first-order valence-corrected chi connectivity index (χ1v) is 12.6. The van der Waals surface area contributed by atoms with Crippen molar-refractivity contribution in [3.8, 4) is 16.4 Å². The molecule has 0 radical (unpaired) electrons. The number of rotatable bonds is 6. The minimum Gasteiger partial charge on any atom is -0.347 e. The standard InChI is InChI=1S/C26H24N4OS2/c1-26(2)20-12-7-8-13-21(20)29(3)23(26)16-19(31)17-33-25-28-27-24(22-14-9-15-32-22)30(25)18-10-5-4-6-11-18/h4-16H,17H2,1-3H3. The average Bonchev–Trinajstić information content (AvgIpc) is 3.54. The summed E-state index contributed by atoms with van der Waals surface area (Å²) in [6.07, 6.45) is 1.79. The zero-order chi connectivity index (χ0) is 23.0. The van der Waals surface area contributed by atoms with Gasteiger partial charge in [0.2, 0.25) is 0 Å². The lowest BCUT2D eigenvalue weighted by molar-refractivity contribution is -0.112. The van der Waals surface area contributed by atoms with Crippen molar-refractivity contribution in [3.05, 3.63) is 89.4 Å². The van der Waals surface area contributed by atoms with E-state index in [0.717, 1.165) is 27.8 Å². The van der Waals surface area contributed by atoms with Crippen molar-refractivity contribution in [1.82, 2.24) is 14.8 Å². The summed E-state index contributed by atoms with van der Waals surface area (Å²) >= 11 is 3.04. The smallest absolute Gasteiger partial charge is 0.196 e. The summed E-state index contributed by atoms with van der Waals surface area (Å²) in [6, 6.07) is 22.4. The molecule has 4 aromatic rings. The lowest BCUT2D eigenvalue weighted by atomic mass is 9.83. The van der Waals surface area contributed by atoms with Gasteiger partial charge in [0.1, 0.15) is 0 Å². The number of para-hydroxylation sites is 2. The molecular formula is C26H24N4OS2. The van der Waals surface area contributed by atoms with Crippen LogP contribution in [0.2, 0.25) is 0 Å². The molecule has 0 unspecified atom stereocenters. The Morgan fingerprint density at radius 3 is 2.52 bits per heavy atom. The molecule has 1 aliphatic heterocycles. The Bertz CT molecular complexity index is 1320. The van der Waals surface area contributed by atoms with Gasteiger partial charge >= 0.3 is 0 Å². The van der Waals surface area contributed by atoms with Crippen LogP contribution in [-0.2, 0) is 10.2 Å². The van der Waals surface area contributed by atoms with Crippen LogP contribution in [0.3, 0.4) is 0 Å². The first kappa shape index (κ1) is 21.7. The molecule has 0 fully saturated rings. The van der Waals surface area contributed by atoms with Crippen molar-refractivity contribution in [3.63, 3.8) is 0 Å². The fraction of sp³-hybridized carbons (Fsp3) is 0.192. The summed E-state index contributed by atoms with van der Waals surface area (Å²) < 4.78 is 2.03. The van der Waals surface area contributed by atoms with Crippen molar-refractivity contribution >= 4 is 34.6 Å². The van der Waals surface area contributed by atoms with Crippen LogP contribution in [-0.4, -0.2) is 33.3 Å². The molecule has 0 spiro atoms. The van der Waals surface area contributed by atoms with E-state index < -0.39 is 0 Å². The highest BCUT2D eigenvalue weighted by molar-refractivity contribution is 7.99. The normalized spacial score (nSPS) is 15.7. The van der Waals surface area contributed by atoms with Crippen molar-refractivity contribution in [2.45, 2.75) is 24.4 Å². The van der Waals surface area contributed by atoms with Crippen LogP contribution in [0.1, 0.15) is 19.4 Å². The molecule has 2 aromatic carbocycles. The molecule has 0 aliphatic carbocycles. The third-order valence-corrected chi connectivity index (χ3v) is 7.79. The van der Waals surface area contributed by atoms with Crippen LogP contribution in [0.5, 0.6) is 0 Å². The van der Waals surface area contributed by atoms with Crippen molar-refractivity contribution in [1.29, 1.82) is 0 Å². The summed E-state index contributed by atoms with van der Waals surface area (Å²) in [6.45, 7) is 4.34. The minimum atomic E-state index is -0.220. The Morgan fingerprint density at radius 1 is 1.03 bits per heavy atom. The number of fused-ring (bicyclic) bond motifs is 1. The predicted octanol–water partition coefficient (Wildman–Crippen LogP) is 5.97. The first-order chi connectivity index (χ1) is 16.0. The largest absolute Gasteiger partial charge is 0.347 e. The van der Waals surface area contributed by atoms with Gasteiger partial charge in [-0.3, -0.25) is 9.36 Å². The number of hydrogen-bond donors (Lipinski definition) is 0. The summed E-state index contributed by atoms with van der Waals surface area (Å²) in [4.78, 5) is 16.2. The Morgan fingerprint density at radius 2 is 1.79 bits per heavy atom. The highest BCUT2D eigenvalue weighted by Crippen LogP contribution is 2.46. The lowest BCUT2D eigenvalue weighted by Crippen LogP contribution is -2.24. The SMILES string of the molecule is CN1C(=CC(=O)CSc2nnc(-c3cccs3)n2-c2ccccc2)C(C)(C)c2ccccc21. The fourth-order valence-electron chi connectivity index (χ4n) is 4.33. The van der Waals surface area contributed by atoms with Crippen LogP contribution in [0.4, 0.5) is 5.69 Å². The average molecular weight is 473 g/mol. The van der Waals surface area contributed by atoms with Gasteiger partial charge in [-0.25, -0.2) is 0 Å². The molecule has 0 saturated heterocycles. The molecule has 1 aliphatic rings. The number of nitrogens with zero attached hydrogens (tertiary/aromatic N) is 4. The van der Waals surface area contributed by atoms with E-state index in [4.69, 9.17) is 0 Å². The fourth-order valence-corrected chi connectivity index (χ4v) is 5.80. The van der Waals surface area contributed by atoms with Gasteiger partial charge in [-0.1, -0.05) is 68.1 Å².